The van der Waals surface area contributed by atoms with Crippen LogP contribution in [0.1, 0.15) is 60.2 Å². The molecule has 3 rings (SSSR count). The van der Waals surface area contributed by atoms with E-state index in [2.05, 4.69) is 42.2 Å². The van der Waals surface area contributed by atoms with Crippen molar-refractivity contribution in [1.29, 1.82) is 0 Å². The van der Waals surface area contributed by atoms with E-state index in [9.17, 15) is 4.79 Å². The zero-order valence-corrected chi connectivity index (χ0v) is 15.9. The van der Waals surface area contributed by atoms with Crippen LogP contribution in [0.25, 0.3) is 0 Å². The number of thiazole rings is 1. The molecule has 1 aliphatic rings. The summed E-state index contributed by atoms with van der Waals surface area (Å²) < 4.78 is 2.24. The highest BCUT2D eigenvalue weighted by Crippen LogP contribution is 2.33. The van der Waals surface area contributed by atoms with E-state index in [1.807, 2.05) is 6.92 Å². The Hall–Kier alpha value is -1.75. The van der Waals surface area contributed by atoms with Crippen LogP contribution >= 0.6 is 11.3 Å². The Labute approximate surface area is 147 Å². The minimum absolute atomic E-state index is 0.0566. The lowest BCUT2D eigenvalue weighted by Crippen LogP contribution is -2.20. The Morgan fingerprint density at radius 1 is 1.38 bits per heavy atom. The van der Waals surface area contributed by atoms with Crippen molar-refractivity contribution in [3.8, 4) is 0 Å². The maximum absolute atomic E-state index is 12.6. The van der Waals surface area contributed by atoms with E-state index in [0.29, 0.717) is 5.56 Å². The highest BCUT2D eigenvalue weighted by molar-refractivity contribution is 7.09. The molecular weight excluding hydrogens is 318 g/mol. The Bertz CT molecular complexity index is 835. The molecule has 1 amide bonds. The van der Waals surface area contributed by atoms with Gasteiger partial charge in [-0.25, -0.2) is 0 Å². The maximum atomic E-state index is 12.6. The van der Waals surface area contributed by atoms with E-state index in [4.69, 9.17) is 0 Å². The van der Waals surface area contributed by atoms with Crippen LogP contribution in [0.5, 0.6) is 0 Å². The Morgan fingerprint density at radius 2 is 2.08 bits per heavy atom. The van der Waals surface area contributed by atoms with Crippen LogP contribution in [-0.2, 0) is 12.0 Å². The molecule has 0 N–H and O–H groups in total. The van der Waals surface area contributed by atoms with Crippen LogP contribution < -0.4 is 4.80 Å². The molecule has 128 valence electrons. The zero-order valence-electron chi connectivity index (χ0n) is 15.1. The summed E-state index contributed by atoms with van der Waals surface area (Å²) in [6.07, 6.45) is 4.26. The van der Waals surface area contributed by atoms with Gasteiger partial charge in [-0.1, -0.05) is 20.8 Å². The lowest BCUT2D eigenvalue weighted by Gasteiger charge is -2.17. The molecule has 1 fully saturated rings. The molecule has 0 radical (unpaired) electrons. The number of amides is 1. The van der Waals surface area contributed by atoms with Gasteiger partial charge in [0.1, 0.15) is 0 Å². The first-order valence-corrected chi connectivity index (χ1v) is 9.30. The van der Waals surface area contributed by atoms with Crippen molar-refractivity contribution in [3.05, 3.63) is 45.0 Å². The summed E-state index contributed by atoms with van der Waals surface area (Å²) in [6.45, 7) is 11.6. The zero-order chi connectivity index (χ0) is 17.5. The number of rotatable bonds is 3. The van der Waals surface area contributed by atoms with Crippen LogP contribution in [-0.4, -0.2) is 15.5 Å². The van der Waals surface area contributed by atoms with Gasteiger partial charge < -0.3 is 4.57 Å². The van der Waals surface area contributed by atoms with E-state index < -0.39 is 0 Å². The van der Waals surface area contributed by atoms with Crippen molar-refractivity contribution in [2.24, 2.45) is 10.9 Å². The molecule has 2 aromatic heterocycles. The second-order valence-electron chi connectivity index (χ2n) is 7.66. The third-order valence-corrected chi connectivity index (χ3v) is 6.02. The number of hydrogen-bond acceptors (Lipinski definition) is 3. The normalized spacial score (nSPS) is 15.8. The second kappa shape index (κ2) is 6.28. The molecular formula is C19H25N3OS. The molecule has 0 atom stereocenters. The lowest BCUT2D eigenvalue weighted by molar-refractivity contribution is 0.0996. The van der Waals surface area contributed by atoms with Crippen LogP contribution in [0, 0.1) is 19.8 Å². The quantitative estimate of drug-likeness (QED) is 0.845. The van der Waals surface area contributed by atoms with Gasteiger partial charge in [0, 0.05) is 23.3 Å². The maximum Gasteiger partial charge on any atom is 0.281 e. The number of carbonyl (C=O) groups is 1. The lowest BCUT2D eigenvalue weighted by atomic mass is 9.93. The summed E-state index contributed by atoms with van der Waals surface area (Å²) in [6, 6.07) is 3.58. The van der Waals surface area contributed by atoms with Gasteiger partial charge >= 0.3 is 0 Å². The Morgan fingerprint density at radius 3 is 2.67 bits per heavy atom. The fourth-order valence-corrected chi connectivity index (χ4v) is 4.09. The van der Waals surface area contributed by atoms with Gasteiger partial charge in [0.05, 0.1) is 11.3 Å². The third-order valence-electron chi connectivity index (χ3n) is 4.41. The Balaban J connectivity index is 2.08. The summed E-state index contributed by atoms with van der Waals surface area (Å²) in [7, 11) is 0. The van der Waals surface area contributed by atoms with E-state index in [0.717, 1.165) is 23.0 Å². The second-order valence-corrected chi connectivity index (χ2v) is 8.63. The number of nitrogens with zero attached hydrogens (tertiary/aromatic N) is 3. The van der Waals surface area contributed by atoms with Gasteiger partial charge in [0.15, 0.2) is 4.80 Å². The molecule has 5 heteroatoms. The fraction of sp³-hybridized carbons (Fsp3) is 0.526. The molecule has 0 aromatic carbocycles. The molecule has 0 unspecified atom stereocenters. The molecule has 1 aliphatic carbocycles. The summed E-state index contributed by atoms with van der Waals surface area (Å²) in [5, 5.41) is 0. The molecule has 0 aliphatic heterocycles. The third kappa shape index (κ3) is 3.51. The fourth-order valence-electron chi connectivity index (χ4n) is 2.90. The first-order chi connectivity index (χ1) is 11.3. The summed E-state index contributed by atoms with van der Waals surface area (Å²) in [4.78, 5) is 23.4. The molecule has 24 heavy (non-hydrogen) atoms. The van der Waals surface area contributed by atoms with Gasteiger partial charge in [-0.05, 0) is 50.2 Å². The monoisotopic (exact) mass is 343 g/mol. The van der Waals surface area contributed by atoms with Gasteiger partial charge in [-0.15, -0.1) is 11.3 Å². The number of aromatic nitrogens is 2. The standard InChI is InChI=1S/C19H25N3OS/c1-12-15(7-6-10-20-12)17(23)21-18-22(11-14-8-9-14)13(2)16(24-18)19(3,4)5/h6-7,10,14H,8-9,11H2,1-5H3/b21-18+. The van der Waals surface area contributed by atoms with Crippen LogP contribution in [0.15, 0.2) is 23.3 Å². The van der Waals surface area contributed by atoms with E-state index in [1.165, 1.54) is 23.4 Å². The summed E-state index contributed by atoms with van der Waals surface area (Å²) in [5.74, 6) is 0.534. The van der Waals surface area contributed by atoms with Crippen molar-refractivity contribution in [2.75, 3.05) is 0 Å². The summed E-state index contributed by atoms with van der Waals surface area (Å²) >= 11 is 1.65. The van der Waals surface area contributed by atoms with Crippen molar-refractivity contribution >= 4 is 17.2 Å². The number of hydrogen-bond donors (Lipinski definition) is 0. The highest BCUT2D eigenvalue weighted by atomic mass is 32.1. The van der Waals surface area contributed by atoms with Crippen molar-refractivity contribution in [3.63, 3.8) is 0 Å². The predicted octanol–water partition coefficient (Wildman–Crippen LogP) is 4.01. The van der Waals surface area contributed by atoms with Crippen molar-refractivity contribution in [1.82, 2.24) is 9.55 Å². The van der Waals surface area contributed by atoms with Gasteiger partial charge in [-0.2, -0.15) is 4.99 Å². The van der Waals surface area contributed by atoms with E-state index in [1.54, 1.807) is 29.7 Å². The van der Waals surface area contributed by atoms with Crippen molar-refractivity contribution in [2.45, 2.75) is 59.4 Å². The van der Waals surface area contributed by atoms with Gasteiger partial charge in [-0.3, -0.25) is 9.78 Å². The van der Waals surface area contributed by atoms with Crippen LogP contribution in [0.3, 0.4) is 0 Å². The molecule has 0 bridgehead atoms. The average Bonchev–Trinajstić information content (AvgIpc) is 3.26. The highest BCUT2D eigenvalue weighted by Gasteiger charge is 2.27. The number of pyridine rings is 1. The predicted molar refractivity (Wildman–Crippen MR) is 97.3 cm³/mol. The molecule has 2 aromatic rings. The topological polar surface area (TPSA) is 47.2 Å². The summed E-state index contributed by atoms with van der Waals surface area (Å²) in [5.41, 5.74) is 2.61. The largest absolute Gasteiger partial charge is 0.320 e. The Kier molecular flexibility index (Phi) is 4.47. The molecule has 4 nitrogen and oxygen atoms in total. The SMILES string of the molecule is Cc1ncccc1C(=O)/N=c1/sc(C(C)(C)C)c(C)n1CC1CC1. The number of carbonyl (C=O) groups excluding carboxylic acids is 1. The molecule has 1 saturated carbocycles. The van der Waals surface area contributed by atoms with Crippen LogP contribution in [0.2, 0.25) is 0 Å². The first kappa shape index (κ1) is 17.1. The first-order valence-electron chi connectivity index (χ1n) is 8.48. The van der Waals surface area contributed by atoms with Gasteiger partial charge in [0.25, 0.3) is 5.91 Å². The minimum atomic E-state index is -0.202. The molecule has 2 heterocycles. The number of aryl methyl sites for hydroxylation is 1. The van der Waals surface area contributed by atoms with Gasteiger partial charge in [0.2, 0.25) is 0 Å². The van der Waals surface area contributed by atoms with E-state index in [-0.39, 0.29) is 11.3 Å². The van der Waals surface area contributed by atoms with E-state index >= 15 is 0 Å². The average molecular weight is 343 g/mol. The minimum Gasteiger partial charge on any atom is -0.320 e. The van der Waals surface area contributed by atoms with Crippen LogP contribution in [0.4, 0.5) is 0 Å². The van der Waals surface area contributed by atoms with Crippen molar-refractivity contribution < 1.29 is 4.79 Å². The molecule has 0 spiro atoms. The molecule has 0 saturated heterocycles. The smallest absolute Gasteiger partial charge is 0.281 e.